The van der Waals surface area contributed by atoms with Crippen LogP contribution in [-0.4, -0.2) is 46.9 Å². The number of nitrogens with zero attached hydrogens (tertiary/aromatic N) is 1. The fourth-order valence-electron chi connectivity index (χ4n) is 2.37. The molecule has 0 aliphatic carbocycles. The molecule has 0 saturated carbocycles. The molecule has 1 amide bonds. The molecule has 0 saturated heterocycles. The first kappa shape index (κ1) is 19.7. The van der Waals surface area contributed by atoms with Crippen LogP contribution in [0.3, 0.4) is 0 Å². The van der Waals surface area contributed by atoms with Crippen molar-refractivity contribution in [2.45, 2.75) is 11.8 Å². The predicted octanol–water partition coefficient (Wildman–Crippen LogP) is 2.51. The summed E-state index contributed by atoms with van der Waals surface area (Å²) in [4.78, 5) is 12.7. The predicted molar refractivity (Wildman–Crippen MR) is 99.6 cm³/mol. The first-order valence-electron chi connectivity index (χ1n) is 7.77. The molecule has 0 bridgehead atoms. The van der Waals surface area contributed by atoms with Gasteiger partial charge in [-0.05, 0) is 37.3 Å². The molecule has 0 aromatic heterocycles. The second kappa shape index (κ2) is 7.76. The zero-order chi connectivity index (χ0) is 19.5. The molecule has 0 fully saturated rings. The molecular weight excluding hydrogens is 356 g/mol. The van der Waals surface area contributed by atoms with E-state index in [1.165, 1.54) is 40.4 Å². The minimum absolute atomic E-state index is 0.0966. The summed E-state index contributed by atoms with van der Waals surface area (Å²) in [6.07, 6.45) is 0. The van der Waals surface area contributed by atoms with Crippen molar-refractivity contribution in [2.24, 2.45) is 0 Å². The first-order chi connectivity index (χ1) is 12.2. The second-order valence-electron chi connectivity index (χ2n) is 5.78. The maximum absolute atomic E-state index is 12.6. The van der Waals surface area contributed by atoms with Crippen LogP contribution in [0.25, 0.3) is 0 Å². The lowest BCUT2D eigenvalue weighted by molar-refractivity contribution is 0.102. The first-order valence-corrected chi connectivity index (χ1v) is 9.21. The maximum Gasteiger partial charge on any atom is 0.255 e. The number of amides is 1. The average Bonchev–Trinajstić information content (AvgIpc) is 2.61. The third-order valence-corrected chi connectivity index (χ3v) is 5.70. The van der Waals surface area contributed by atoms with Crippen LogP contribution in [0.5, 0.6) is 11.5 Å². The molecule has 0 aliphatic heterocycles. The number of sulfonamides is 1. The Balaban J connectivity index is 2.34. The fourth-order valence-corrected chi connectivity index (χ4v) is 3.31. The van der Waals surface area contributed by atoms with E-state index in [-0.39, 0.29) is 4.90 Å². The van der Waals surface area contributed by atoms with Gasteiger partial charge in [0.25, 0.3) is 5.91 Å². The van der Waals surface area contributed by atoms with Crippen molar-refractivity contribution in [3.8, 4) is 11.5 Å². The highest BCUT2D eigenvalue weighted by Crippen LogP contribution is 2.30. The third-order valence-electron chi connectivity index (χ3n) is 3.88. The quantitative estimate of drug-likeness (QED) is 0.835. The van der Waals surface area contributed by atoms with Crippen LogP contribution in [0.15, 0.2) is 41.3 Å². The molecule has 0 heterocycles. The van der Waals surface area contributed by atoms with E-state index >= 15 is 0 Å². The van der Waals surface area contributed by atoms with E-state index in [0.29, 0.717) is 22.7 Å². The van der Waals surface area contributed by atoms with Gasteiger partial charge in [-0.1, -0.05) is 6.07 Å². The van der Waals surface area contributed by atoms with Gasteiger partial charge in [0.05, 0.1) is 19.1 Å². The van der Waals surface area contributed by atoms with Gasteiger partial charge in [-0.3, -0.25) is 4.79 Å². The van der Waals surface area contributed by atoms with Gasteiger partial charge < -0.3 is 14.8 Å². The van der Waals surface area contributed by atoms with E-state index in [0.717, 1.165) is 9.87 Å². The SMILES string of the molecule is COc1cc(C(=O)Nc2cccc(S(=O)(=O)N(C)C)c2)cc(OC)c1C. The van der Waals surface area contributed by atoms with Crippen molar-refractivity contribution in [1.29, 1.82) is 0 Å². The number of benzene rings is 2. The van der Waals surface area contributed by atoms with Crippen LogP contribution >= 0.6 is 0 Å². The molecule has 1 N–H and O–H groups in total. The molecule has 2 aromatic carbocycles. The van der Waals surface area contributed by atoms with Crippen LogP contribution in [0.4, 0.5) is 5.69 Å². The highest BCUT2D eigenvalue weighted by atomic mass is 32.2. The summed E-state index contributed by atoms with van der Waals surface area (Å²) in [6, 6.07) is 9.29. The Morgan fingerprint density at radius 3 is 2.12 bits per heavy atom. The van der Waals surface area contributed by atoms with Gasteiger partial charge in [-0.15, -0.1) is 0 Å². The van der Waals surface area contributed by atoms with E-state index in [1.807, 2.05) is 6.92 Å². The van der Waals surface area contributed by atoms with Crippen LogP contribution in [0.2, 0.25) is 0 Å². The van der Waals surface area contributed by atoms with E-state index < -0.39 is 15.9 Å². The zero-order valence-corrected chi connectivity index (χ0v) is 16.2. The minimum Gasteiger partial charge on any atom is -0.496 e. The summed E-state index contributed by atoms with van der Waals surface area (Å²) in [5.74, 6) is 0.651. The Morgan fingerprint density at radius 1 is 1.04 bits per heavy atom. The Labute approximate surface area is 153 Å². The van der Waals surface area contributed by atoms with E-state index in [2.05, 4.69) is 5.32 Å². The van der Waals surface area contributed by atoms with Crippen molar-refractivity contribution >= 4 is 21.6 Å². The average molecular weight is 378 g/mol. The lowest BCUT2D eigenvalue weighted by Gasteiger charge is -2.14. The molecule has 0 atom stereocenters. The molecule has 2 rings (SSSR count). The summed E-state index contributed by atoms with van der Waals surface area (Å²) in [5.41, 5.74) is 1.49. The van der Waals surface area contributed by atoms with Crippen LogP contribution < -0.4 is 14.8 Å². The summed E-state index contributed by atoms with van der Waals surface area (Å²) in [7, 11) is 2.34. The number of hydrogen-bond donors (Lipinski definition) is 1. The molecule has 0 unspecified atom stereocenters. The van der Waals surface area contributed by atoms with Gasteiger partial charge in [0, 0.05) is 30.9 Å². The number of nitrogens with one attached hydrogen (secondary N) is 1. The highest BCUT2D eigenvalue weighted by molar-refractivity contribution is 7.89. The number of hydrogen-bond acceptors (Lipinski definition) is 5. The maximum atomic E-state index is 12.6. The number of methoxy groups -OCH3 is 2. The summed E-state index contributed by atoms with van der Waals surface area (Å²) < 4.78 is 36.1. The smallest absolute Gasteiger partial charge is 0.255 e. The van der Waals surface area contributed by atoms with Gasteiger partial charge >= 0.3 is 0 Å². The second-order valence-corrected chi connectivity index (χ2v) is 7.93. The summed E-state index contributed by atoms with van der Waals surface area (Å²) >= 11 is 0. The van der Waals surface area contributed by atoms with E-state index in [1.54, 1.807) is 24.3 Å². The zero-order valence-electron chi connectivity index (χ0n) is 15.4. The van der Waals surface area contributed by atoms with Gasteiger partial charge in [0.1, 0.15) is 11.5 Å². The van der Waals surface area contributed by atoms with Crippen LogP contribution in [0, 0.1) is 6.92 Å². The van der Waals surface area contributed by atoms with Crippen molar-refractivity contribution in [3.05, 3.63) is 47.5 Å². The monoisotopic (exact) mass is 378 g/mol. The molecule has 26 heavy (non-hydrogen) atoms. The van der Waals surface area contributed by atoms with Gasteiger partial charge in [-0.2, -0.15) is 0 Å². The van der Waals surface area contributed by atoms with Gasteiger partial charge in [0.2, 0.25) is 10.0 Å². The summed E-state index contributed by atoms with van der Waals surface area (Å²) in [5, 5.41) is 2.70. The van der Waals surface area contributed by atoms with Crippen molar-refractivity contribution in [3.63, 3.8) is 0 Å². The Kier molecular flexibility index (Phi) is 5.89. The lowest BCUT2D eigenvalue weighted by atomic mass is 10.1. The number of rotatable bonds is 6. The van der Waals surface area contributed by atoms with Crippen molar-refractivity contribution in [1.82, 2.24) is 4.31 Å². The molecule has 7 nitrogen and oxygen atoms in total. The topological polar surface area (TPSA) is 84.9 Å². The Morgan fingerprint density at radius 2 is 1.62 bits per heavy atom. The normalized spacial score (nSPS) is 11.3. The molecule has 2 aromatic rings. The minimum atomic E-state index is -3.58. The number of anilines is 1. The number of carbonyl (C=O) groups is 1. The molecule has 0 aliphatic rings. The van der Waals surface area contributed by atoms with Crippen molar-refractivity contribution in [2.75, 3.05) is 33.6 Å². The molecule has 0 radical (unpaired) electrons. The fraction of sp³-hybridized carbons (Fsp3) is 0.278. The lowest BCUT2D eigenvalue weighted by Crippen LogP contribution is -2.22. The molecular formula is C18H22N2O5S. The van der Waals surface area contributed by atoms with Crippen molar-refractivity contribution < 1.29 is 22.7 Å². The van der Waals surface area contributed by atoms with Crippen LogP contribution in [0.1, 0.15) is 15.9 Å². The van der Waals surface area contributed by atoms with Crippen LogP contribution in [-0.2, 0) is 10.0 Å². The largest absolute Gasteiger partial charge is 0.496 e. The molecule has 140 valence electrons. The van der Waals surface area contributed by atoms with Gasteiger partial charge in [-0.25, -0.2) is 12.7 Å². The highest BCUT2D eigenvalue weighted by Gasteiger charge is 2.18. The van der Waals surface area contributed by atoms with E-state index in [4.69, 9.17) is 9.47 Å². The van der Waals surface area contributed by atoms with E-state index in [9.17, 15) is 13.2 Å². The Bertz CT molecular complexity index is 898. The molecule has 8 heteroatoms. The standard InChI is InChI=1S/C18H22N2O5S/c1-12-16(24-4)9-13(10-17(12)25-5)18(21)19-14-7-6-8-15(11-14)26(22,23)20(2)3/h6-11H,1-5H3,(H,19,21). The third kappa shape index (κ3) is 3.97. The Hall–Kier alpha value is -2.58. The number of carbonyl (C=O) groups excluding carboxylic acids is 1. The molecule has 0 spiro atoms. The number of ether oxygens (including phenoxy) is 2. The summed E-state index contributed by atoms with van der Waals surface area (Å²) in [6.45, 7) is 1.83. The van der Waals surface area contributed by atoms with Gasteiger partial charge in [0.15, 0.2) is 0 Å².